The van der Waals surface area contributed by atoms with Crippen LogP contribution in [0.15, 0.2) is 0 Å². The molecule has 0 aromatic heterocycles. The van der Waals surface area contributed by atoms with Crippen LogP contribution >= 0.6 is 12.4 Å². The predicted octanol–water partition coefficient (Wildman–Crippen LogP) is 2.04. The van der Waals surface area contributed by atoms with Crippen molar-refractivity contribution in [1.82, 2.24) is 4.90 Å². The minimum absolute atomic E-state index is 0. The van der Waals surface area contributed by atoms with Crippen LogP contribution in [0.1, 0.15) is 40.0 Å². The largest absolute Gasteiger partial charge is 0.341 e. The van der Waals surface area contributed by atoms with Crippen molar-refractivity contribution in [2.45, 2.75) is 46.1 Å². The summed E-state index contributed by atoms with van der Waals surface area (Å²) in [7, 11) is 0. The lowest BCUT2D eigenvalue weighted by Gasteiger charge is -2.19. The molecular weight excluding hydrogens is 224 g/mol. The first-order valence-electron chi connectivity index (χ1n) is 6.02. The number of carbonyl (C=O) groups excluding carboxylic acids is 1. The lowest BCUT2D eigenvalue weighted by molar-refractivity contribution is -0.131. The number of hydrogen-bond acceptors (Lipinski definition) is 2. The average molecular weight is 249 g/mol. The first-order valence-corrected chi connectivity index (χ1v) is 6.02. The van der Waals surface area contributed by atoms with E-state index in [4.69, 9.17) is 5.73 Å². The lowest BCUT2D eigenvalue weighted by Crippen LogP contribution is -2.32. The fourth-order valence-electron chi connectivity index (χ4n) is 2.33. The molecule has 2 N–H and O–H groups in total. The molecule has 2 atom stereocenters. The van der Waals surface area contributed by atoms with Crippen molar-refractivity contribution >= 4 is 18.3 Å². The molecule has 0 saturated carbocycles. The highest BCUT2D eigenvalue weighted by atomic mass is 35.5. The fourth-order valence-corrected chi connectivity index (χ4v) is 2.33. The highest BCUT2D eigenvalue weighted by Gasteiger charge is 2.24. The number of carbonyl (C=O) groups is 1. The third-order valence-corrected chi connectivity index (χ3v) is 2.97. The normalized spacial score (nSPS) is 22.1. The van der Waals surface area contributed by atoms with Crippen molar-refractivity contribution in [3.05, 3.63) is 0 Å². The maximum atomic E-state index is 11.9. The second-order valence-electron chi connectivity index (χ2n) is 5.33. The van der Waals surface area contributed by atoms with Gasteiger partial charge >= 0.3 is 0 Å². The first-order chi connectivity index (χ1) is 6.99. The molecule has 96 valence electrons. The topological polar surface area (TPSA) is 46.3 Å². The molecule has 0 spiro atoms. The molecule has 1 heterocycles. The number of hydrogen-bond donors (Lipinski definition) is 1. The molecule has 1 amide bonds. The molecule has 0 radical (unpaired) electrons. The van der Waals surface area contributed by atoms with Crippen molar-refractivity contribution < 1.29 is 4.79 Å². The van der Waals surface area contributed by atoms with E-state index in [1.54, 1.807) is 0 Å². The van der Waals surface area contributed by atoms with Crippen molar-refractivity contribution in [2.75, 3.05) is 13.1 Å². The average Bonchev–Trinajstić information content (AvgIpc) is 2.49. The van der Waals surface area contributed by atoms with Crippen molar-refractivity contribution in [1.29, 1.82) is 0 Å². The van der Waals surface area contributed by atoms with E-state index in [1.165, 1.54) is 0 Å². The smallest absolute Gasteiger partial charge is 0.222 e. The van der Waals surface area contributed by atoms with Gasteiger partial charge in [-0.1, -0.05) is 20.8 Å². The molecule has 0 aliphatic carbocycles. The van der Waals surface area contributed by atoms with Crippen LogP contribution in [0.2, 0.25) is 0 Å². The summed E-state index contributed by atoms with van der Waals surface area (Å²) in [6.07, 6.45) is 2.78. The fraction of sp³-hybridized carbons (Fsp3) is 0.917. The van der Waals surface area contributed by atoms with Gasteiger partial charge in [-0.05, 0) is 24.7 Å². The summed E-state index contributed by atoms with van der Waals surface area (Å²) in [5.74, 6) is 1.46. The van der Waals surface area contributed by atoms with Gasteiger partial charge in [0.25, 0.3) is 0 Å². The number of nitrogens with two attached hydrogens (primary N) is 1. The van der Waals surface area contributed by atoms with E-state index in [2.05, 4.69) is 20.8 Å². The molecule has 0 aromatic carbocycles. The van der Waals surface area contributed by atoms with E-state index < -0.39 is 0 Å². The third-order valence-electron chi connectivity index (χ3n) is 2.97. The van der Waals surface area contributed by atoms with E-state index in [0.717, 1.165) is 25.9 Å². The molecule has 1 unspecified atom stereocenters. The molecule has 1 saturated heterocycles. The third kappa shape index (κ3) is 5.17. The van der Waals surface area contributed by atoms with Crippen LogP contribution in [-0.4, -0.2) is 29.9 Å². The number of halogens is 1. The Labute approximate surface area is 105 Å². The van der Waals surface area contributed by atoms with Crippen molar-refractivity contribution in [3.8, 4) is 0 Å². The molecule has 0 bridgehead atoms. The standard InChI is InChI=1S/C12H24N2O.ClH/c1-9(2)6-10(3)7-12(15)14-5-4-11(13)8-14;/h9-11H,4-8,13H2,1-3H3;1H/t10?,11-;/m1./s1. The van der Waals surface area contributed by atoms with Crippen molar-refractivity contribution in [3.63, 3.8) is 0 Å². The Hall–Kier alpha value is -0.280. The van der Waals surface area contributed by atoms with Crippen LogP contribution in [0.3, 0.4) is 0 Å². The van der Waals surface area contributed by atoms with Crippen molar-refractivity contribution in [2.24, 2.45) is 17.6 Å². The van der Waals surface area contributed by atoms with Crippen LogP contribution in [0.4, 0.5) is 0 Å². The zero-order chi connectivity index (χ0) is 11.4. The summed E-state index contributed by atoms with van der Waals surface area (Å²) in [6, 6.07) is 0.203. The Morgan fingerprint density at radius 2 is 2.06 bits per heavy atom. The molecule has 1 aliphatic heterocycles. The predicted molar refractivity (Wildman–Crippen MR) is 69.7 cm³/mol. The van der Waals surface area contributed by atoms with Gasteiger partial charge in [-0.3, -0.25) is 4.79 Å². The number of rotatable bonds is 4. The zero-order valence-electron chi connectivity index (χ0n) is 10.6. The van der Waals surface area contributed by atoms with Crippen LogP contribution in [-0.2, 0) is 4.79 Å². The second-order valence-corrected chi connectivity index (χ2v) is 5.33. The van der Waals surface area contributed by atoms with Crippen LogP contribution in [0.25, 0.3) is 0 Å². The van der Waals surface area contributed by atoms with Gasteiger partial charge in [-0.25, -0.2) is 0 Å². The molecule has 16 heavy (non-hydrogen) atoms. The number of likely N-dealkylation sites (tertiary alicyclic amines) is 1. The first kappa shape index (κ1) is 15.7. The summed E-state index contributed by atoms with van der Waals surface area (Å²) in [5.41, 5.74) is 5.78. The number of nitrogens with zero attached hydrogens (tertiary/aromatic N) is 1. The molecule has 1 aliphatic rings. The van der Waals surface area contributed by atoms with Gasteiger partial charge in [0, 0.05) is 25.6 Å². The second kappa shape index (κ2) is 7.13. The van der Waals surface area contributed by atoms with Gasteiger partial charge in [0.2, 0.25) is 5.91 Å². The molecule has 0 aromatic rings. The summed E-state index contributed by atoms with van der Waals surface area (Å²) in [4.78, 5) is 13.8. The molecule has 1 rings (SSSR count). The summed E-state index contributed by atoms with van der Waals surface area (Å²) in [6.45, 7) is 8.18. The van der Waals surface area contributed by atoms with Gasteiger partial charge in [-0.2, -0.15) is 0 Å². The van der Waals surface area contributed by atoms with Gasteiger partial charge in [0.15, 0.2) is 0 Å². The van der Waals surface area contributed by atoms with E-state index >= 15 is 0 Å². The van der Waals surface area contributed by atoms with E-state index in [-0.39, 0.29) is 24.4 Å². The molecule has 4 heteroatoms. The quantitative estimate of drug-likeness (QED) is 0.828. The Kier molecular flexibility index (Phi) is 7.00. The van der Waals surface area contributed by atoms with Gasteiger partial charge < -0.3 is 10.6 Å². The number of amides is 1. The van der Waals surface area contributed by atoms with Gasteiger partial charge in [0.1, 0.15) is 0 Å². The highest BCUT2D eigenvalue weighted by molar-refractivity contribution is 5.85. The molecular formula is C12H25ClN2O. The van der Waals surface area contributed by atoms with Crippen LogP contribution in [0.5, 0.6) is 0 Å². The maximum absolute atomic E-state index is 11.9. The van der Waals surface area contributed by atoms with E-state index in [1.807, 2.05) is 4.90 Å². The summed E-state index contributed by atoms with van der Waals surface area (Å²) in [5, 5.41) is 0. The lowest BCUT2D eigenvalue weighted by atomic mass is 9.95. The summed E-state index contributed by atoms with van der Waals surface area (Å²) >= 11 is 0. The van der Waals surface area contributed by atoms with Gasteiger partial charge in [-0.15, -0.1) is 12.4 Å². The minimum atomic E-state index is 0. The molecule has 1 fully saturated rings. The highest BCUT2D eigenvalue weighted by Crippen LogP contribution is 2.17. The van der Waals surface area contributed by atoms with E-state index in [0.29, 0.717) is 18.3 Å². The Morgan fingerprint density at radius 1 is 1.44 bits per heavy atom. The van der Waals surface area contributed by atoms with E-state index in [9.17, 15) is 4.79 Å². The zero-order valence-corrected chi connectivity index (χ0v) is 11.4. The molecule has 3 nitrogen and oxygen atoms in total. The van der Waals surface area contributed by atoms with Crippen LogP contribution < -0.4 is 5.73 Å². The monoisotopic (exact) mass is 248 g/mol. The maximum Gasteiger partial charge on any atom is 0.222 e. The van der Waals surface area contributed by atoms with Crippen LogP contribution in [0, 0.1) is 11.8 Å². The Morgan fingerprint density at radius 3 is 2.50 bits per heavy atom. The minimum Gasteiger partial charge on any atom is -0.341 e. The van der Waals surface area contributed by atoms with Gasteiger partial charge in [0.05, 0.1) is 0 Å². The Balaban J connectivity index is 0.00000225. The summed E-state index contributed by atoms with van der Waals surface area (Å²) < 4.78 is 0. The Bertz CT molecular complexity index is 221. The SMILES string of the molecule is CC(C)CC(C)CC(=O)N1CC[C@@H](N)C1.Cl.